The minimum atomic E-state index is -0.242. The summed E-state index contributed by atoms with van der Waals surface area (Å²) in [7, 11) is 0. The summed E-state index contributed by atoms with van der Waals surface area (Å²) in [5.41, 5.74) is 1.70. The molecule has 2 aromatic rings. The fourth-order valence-corrected chi connectivity index (χ4v) is 2.13. The zero-order chi connectivity index (χ0) is 14.6. The number of nitrogens with zero attached hydrogens (tertiary/aromatic N) is 2. The van der Waals surface area contributed by atoms with Crippen LogP contribution in [0.15, 0.2) is 18.2 Å². The van der Waals surface area contributed by atoms with Crippen molar-refractivity contribution in [3.05, 3.63) is 23.8 Å². The number of fused-ring (bicyclic) bond motifs is 1. The number of aliphatic hydroxyl groups is 1. The number of amides is 1. The zero-order valence-corrected chi connectivity index (χ0v) is 11.8. The molecule has 1 aromatic heterocycles. The standard InChI is InChI=1S/C14H20N4O2/c1-3-14(4-2,9-19)8-15-13(20)10-5-6-11-12(7-10)17-18-16-11/h5-7,19H,3-4,8-9H2,1-2H3,(H,15,20)(H,16,17,18). The summed E-state index contributed by atoms with van der Waals surface area (Å²) in [4.78, 5) is 12.2. The van der Waals surface area contributed by atoms with Gasteiger partial charge in [-0.05, 0) is 31.0 Å². The van der Waals surface area contributed by atoms with Gasteiger partial charge < -0.3 is 10.4 Å². The number of aliphatic hydroxyl groups excluding tert-OH is 1. The van der Waals surface area contributed by atoms with E-state index >= 15 is 0 Å². The molecule has 0 aliphatic heterocycles. The Kier molecular flexibility index (Phi) is 4.34. The number of H-pyrrole nitrogens is 1. The Labute approximate surface area is 117 Å². The van der Waals surface area contributed by atoms with Gasteiger partial charge in [-0.15, -0.1) is 0 Å². The molecule has 0 saturated carbocycles. The predicted molar refractivity (Wildman–Crippen MR) is 76.3 cm³/mol. The largest absolute Gasteiger partial charge is 0.396 e. The molecule has 0 atom stereocenters. The highest BCUT2D eigenvalue weighted by Gasteiger charge is 2.26. The Morgan fingerprint density at radius 1 is 1.30 bits per heavy atom. The van der Waals surface area contributed by atoms with Gasteiger partial charge in [0.25, 0.3) is 5.91 Å². The second-order valence-electron chi connectivity index (χ2n) is 5.07. The van der Waals surface area contributed by atoms with Crippen LogP contribution in [0, 0.1) is 5.41 Å². The predicted octanol–water partition coefficient (Wildman–Crippen LogP) is 1.49. The molecule has 0 radical (unpaired) electrons. The van der Waals surface area contributed by atoms with E-state index in [1.165, 1.54) is 0 Å². The van der Waals surface area contributed by atoms with Gasteiger partial charge in [-0.1, -0.05) is 13.8 Å². The zero-order valence-electron chi connectivity index (χ0n) is 11.8. The fourth-order valence-electron chi connectivity index (χ4n) is 2.13. The highest BCUT2D eigenvalue weighted by molar-refractivity contribution is 5.97. The molecule has 6 heteroatoms. The van der Waals surface area contributed by atoms with Crippen molar-refractivity contribution in [2.75, 3.05) is 13.2 Å². The molecule has 0 aliphatic rings. The van der Waals surface area contributed by atoms with Crippen LogP contribution in [0.1, 0.15) is 37.0 Å². The van der Waals surface area contributed by atoms with E-state index in [2.05, 4.69) is 20.7 Å². The molecule has 6 nitrogen and oxygen atoms in total. The van der Waals surface area contributed by atoms with Crippen LogP contribution in [-0.2, 0) is 0 Å². The molecule has 0 unspecified atom stereocenters. The molecule has 3 N–H and O–H groups in total. The van der Waals surface area contributed by atoms with Gasteiger partial charge >= 0.3 is 0 Å². The normalized spacial score (nSPS) is 11.8. The molecule has 0 fully saturated rings. The summed E-state index contributed by atoms with van der Waals surface area (Å²) in [5, 5.41) is 22.8. The van der Waals surface area contributed by atoms with Gasteiger partial charge in [-0.2, -0.15) is 15.4 Å². The highest BCUT2D eigenvalue weighted by Crippen LogP contribution is 2.24. The molecule has 0 spiro atoms. The van der Waals surface area contributed by atoms with Gasteiger partial charge in [-0.25, -0.2) is 0 Å². The van der Waals surface area contributed by atoms with E-state index in [-0.39, 0.29) is 17.9 Å². The van der Waals surface area contributed by atoms with Crippen LogP contribution in [0.4, 0.5) is 0 Å². The van der Waals surface area contributed by atoms with Crippen molar-refractivity contribution in [1.29, 1.82) is 0 Å². The first-order valence-electron chi connectivity index (χ1n) is 6.83. The summed E-state index contributed by atoms with van der Waals surface area (Å²) < 4.78 is 0. The lowest BCUT2D eigenvalue weighted by molar-refractivity contribution is 0.0851. The third-order valence-electron chi connectivity index (χ3n) is 4.04. The monoisotopic (exact) mass is 276 g/mol. The molecule has 108 valence electrons. The first-order valence-corrected chi connectivity index (χ1v) is 6.83. The van der Waals surface area contributed by atoms with Crippen molar-refractivity contribution in [3.63, 3.8) is 0 Å². The lowest BCUT2D eigenvalue weighted by Gasteiger charge is -2.29. The SMILES string of the molecule is CCC(CC)(CO)CNC(=O)c1ccc2n[nH]nc2c1. The van der Waals surface area contributed by atoms with Gasteiger partial charge in [0.2, 0.25) is 0 Å². The Morgan fingerprint density at radius 2 is 2.00 bits per heavy atom. The quantitative estimate of drug-likeness (QED) is 0.745. The maximum absolute atomic E-state index is 12.2. The molecule has 0 aliphatic carbocycles. The van der Waals surface area contributed by atoms with Crippen molar-refractivity contribution in [3.8, 4) is 0 Å². The Morgan fingerprint density at radius 3 is 2.65 bits per heavy atom. The van der Waals surface area contributed by atoms with Crippen LogP contribution in [0.25, 0.3) is 11.0 Å². The Bertz CT molecular complexity index is 581. The Hall–Kier alpha value is -1.95. The number of carbonyl (C=O) groups excluding carboxylic acids is 1. The summed E-state index contributed by atoms with van der Waals surface area (Å²) in [6, 6.07) is 5.18. The summed E-state index contributed by atoms with van der Waals surface area (Å²) in [5.74, 6) is -0.158. The molecule has 1 heterocycles. The first-order chi connectivity index (χ1) is 9.64. The summed E-state index contributed by atoms with van der Waals surface area (Å²) in [6.07, 6.45) is 1.64. The first kappa shape index (κ1) is 14.5. The van der Waals surface area contributed by atoms with Crippen LogP contribution in [0.5, 0.6) is 0 Å². The lowest BCUT2D eigenvalue weighted by atomic mass is 9.83. The molecule has 20 heavy (non-hydrogen) atoms. The Balaban J connectivity index is 2.07. The maximum atomic E-state index is 12.2. The van der Waals surface area contributed by atoms with E-state index in [4.69, 9.17) is 0 Å². The molecular formula is C14H20N4O2. The number of benzene rings is 1. The van der Waals surface area contributed by atoms with Crippen LogP contribution in [0.3, 0.4) is 0 Å². The number of aromatic nitrogens is 3. The molecule has 2 rings (SSSR count). The van der Waals surface area contributed by atoms with Gasteiger partial charge in [0.05, 0.1) is 6.61 Å². The maximum Gasteiger partial charge on any atom is 0.251 e. The van der Waals surface area contributed by atoms with Crippen LogP contribution >= 0.6 is 0 Å². The topological polar surface area (TPSA) is 90.9 Å². The number of hydrogen-bond acceptors (Lipinski definition) is 4. The van der Waals surface area contributed by atoms with Gasteiger partial charge in [0, 0.05) is 17.5 Å². The van der Waals surface area contributed by atoms with Gasteiger partial charge in [-0.3, -0.25) is 4.79 Å². The number of nitrogens with one attached hydrogen (secondary N) is 2. The molecule has 0 bridgehead atoms. The van der Waals surface area contributed by atoms with E-state index in [0.717, 1.165) is 18.4 Å². The van der Waals surface area contributed by atoms with Crippen LogP contribution in [-0.4, -0.2) is 39.6 Å². The summed E-state index contributed by atoms with van der Waals surface area (Å²) in [6.45, 7) is 4.58. The van der Waals surface area contributed by atoms with Gasteiger partial charge in [0.15, 0.2) is 0 Å². The number of carbonyl (C=O) groups is 1. The number of aromatic amines is 1. The van der Waals surface area contributed by atoms with E-state index in [9.17, 15) is 9.90 Å². The highest BCUT2D eigenvalue weighted by atomic mass is 16.3. The number of hydrogen-bond donors (Lipinski definition) is 3. The second kappa shape index (κ2) is 6.00. The van der Waals surface area contributed by atoms with Crippen molar-refractivity contribution in [1.82, 2.24) is 20.7 Å². The lowest BCUT2D eigenvalue weighted by Crippen LogP contribution is -2.39. The van der Waals surface area contributed by atoms with Crippen molar-refractivity contribution in [2.45, 2.75) is 26.7 Å². The van der Waals surface area contributed by atoms with Crippen molar-refractivity contribution >= 4 is 16.9 Å². The smallest absolute Gasteiger partial charge is 0.251 e. The minimum absolute atomic E-state index is 0.0720. The van der Waals surface area contributed by atoms with Crippen LogP contribution in [0.2, 0.25) is 0 Å². The average Bonchev–Trinajstić information content (AvgIpc) is 2.96. The van der Waals surface area contributed by atoms with Crippen molar-refractivity contribution in [2.24, 2.45) is 5.41 Å². The van der Waals surface area contributed by atoms with E-state index in [0.29, 0.717) is 17.6 Å². The van der Waals surface area contributed by atoms with Crippen molar-refractivity contribution < 1.29 is 9.90 Å². The van der Waals surface area contributed by atoms with E-state index < -0.39 is 0 Å². The third-order valence-corrected chi connectivity index (χ3v) is 4.04. The average molecular weight is 276 g/mol. The third kappa shape index (κ3) is 2.80. The molecule has 1 aromatic carbocycles. The molecule has 1 amide bonds. The number of rotatable bonds is 6. The fraction of sp³-hybridized carbons (Fsp3) is 0.500. The van der Waals surface area contributed by atoms with E-state index in [1.54, 1.807) is 18.2 Å². The minimum Gasteiger partial charge on any atom is -0.396 e. The molecular weight excluding hydrogens is 256 g/mol. The van der Waals surface area contributed by atoms with Crippen LogP contribution < -0.4 is 5.32 Å². The summed E-state index contributed by atoms with van der Waals surface area (Å²) >= 11 is 0. The second-order valence-corrected chi connectivity index (χ2v) is 5.07. The van der Waals surface area contributed by atoms with E-state index in [1.807, 2.05) is 13.8 Å². The molecule has 0 saturated heterocycles. The van der Waals surface area contributed by atoms with Gasteiger partial charge in [0.1, 0.15) is 11.0 Å².